The van der Waals surface area contributed by atoms with Crippen molar-refractivity contribution in [1.82, 2.24) is 4.90 Å². The van der Waals surface area contributed by atoms with Gasteiger partial charge < -0.3 is 10.4 Å². The number of anilines is 1. The number of aromatic carboxylic acids is 1. The van der Waals surface area contributed by atoms with Crippen LogP contribution in [0, 0.1) is 6.92 Å². The fourth-order valence-corrected chi connectivity index (χ4v) is 2.74. The maximum Gasteiger partial charge on any atom is 0.337 e. The summed E-state index contributed by atoms with van der Waals surface area (Å²) in [5.41, 5.74) is 2.14. The van der Waals surface area contributed by atoms with Gasteiger partial charge in [-0.15, -0.1) is 0 Å². The minimum Gasteiger partial charge on any atom is -0.478 e. The summed E-state index contributed by atoms with van der Waals surface area (Å²) in [7, 11) is 0. The Labute approximate surface area is 120 Å². The van der Waals surface area contributed by atoms with Crippen molar-refractivity contribution in [3.05, 3.63) is 29.3 Å². The molecule has 1 aromatic carbocycles. The van der Waals surface area contributed by atoms with Gasteiger partial charge in [-0.3, -0.25) is 4.90 Å². The molecule has 0 radical (unpaired) electrons. The van der Waals surface area contributed by atoms with Gasteiger partial charge in [-0.1, -0.05) is 12.5 Å². The molecule has 1 fully saturated rings. The van der Waals surface area contributed by atoms with Crippen LogP contribution in [0.25, 0.3) is 0 Å². The summed E-state index contributed by atoms with van der Waals surface area (Å²) >= 11 is 0. The number of nitrogens with one attached hydrogen (secondary N) is 1. The van der Waals surface area contributed by atoms with E-state index in [-0.39, 0.29) is 0 Å². The fourth-order valence-electron chi connectivity index (χ4n) is 2.74. The molecule has 1 unspecified atom stereocenters. The quantitative estimate of drug-likeness (QED) is 0.868. The molecular formula is C16H24N2O2. The summed E-state index contributed by atoms with van der Waals surface area (Å²) in [4.78, 5) is 13.7. The maximum atomic E-state index is 11.2. The molecule has 0 amide bonds. The van der Waals surface area contributed by atoms with E-state index in [1.807, 2.05) is 19.1 Å². The molecule has 1 saturated heterocycles. The average molecular weight is 276 g/mol. The summed E-state index contributed by atoms with van der Waals surface area (Å²) < 4.78 is 0. The lowest BCUT2D eigenvalue weighted by Gasteiger charge is -2.32. The minimum absolute atomic E-state index is 0.349. The Morgan fingerprint density at radius 1 is 1.35 bits per heavy atom. The Balaban J connectivity index is 1.99. The molecule has 0 spiro atoms. The molecule has 0 saturated carbocycles. The van der Waals surface area contributed by atoms with Crippen molar-refractivity contribution in [2.24, 2.45) is 0 Å². The second kappa shape index (κ2) is 6.75. The van der Waals surface area contributed by atoms with Crippen molar-refractivity contribution in [2.45, 2.75) is 39.2 Å². The van der Waals surface area contributed by atoms with Crippen molar-refractivity contribution >= 4 is 11.7 Å². The third-order valence-electron chi connectivity index (χ3n) is 4.01. The molecule has 110 valence electrons. The Morgan fingerprint density at radius 3 is 2.70 bits per heavy atom. The van der Waals surface area contributed by atoms with Gasteiger partial charge in [-0.25, -0.2) is 4.79 Å². The van der Waals surface area contributed by atoms with Crippen molar-refractivity contribution < 1.29 is 9.90 Å². The molecular weight excluding hydrogens is 252 g/mol. The van der Waals surface area contributed by atoms with Crippen LogP contribution in [0.1, 0.15) is 42.1 Å². The monoisotopic (exact) mass is 276 g/mol. The van der Waals surface area contributed by atoms with Crippen molar-refractivity contribution in [3.63, 3.8) is 0 Å². The Hall–Kier alpha value is -1.55. The standard InChI is InChI=1S/C16H24N2O2/c1-12-6-7-14(16(19)20)15(10-12)17-11-13(2)18-8-4-3-5-9-18/h6-7,10,13,17H,3-5,8-9,11H2,1-2H3,(H,19,20). The lowest BCUT2D eigenvalue weighted by Crippen LogP contribution is -2.41. The third kappa shape index (κ3) is 3.73. The minimum atomic E-state index is -0.877. The van der Waals surface area contributed by atoms with E-state index in [1.54, 1.807) is 6.07 Å². The van der Waals surface area contributed by atoms with Crippen LogP contribution in [0.15, 0.2) is 18.2 Å². The second-order valence-electron chi connectivity index (χ2n) is 5.68. The van der Waals surface area contributed by atoms with Gasteiger partial charge in [0.15, 0.2) is 0 Å². The Morgan fingerprint density at radius 2 is 2.05 bits per heavy atom. The van der Waals surface area contributed by atoms with E-state index in [0.29, 0.717) is 11.6 Å². The summed E-state index contributed by atoms with van der Waals surface area (Å²) in [6.45, 7) is 7.27. The maximum absolute atomic E-state index is 11.2. The van der Waals surface area contributed by atoms with Gasteiger partial charge in [0.25, 0.3) is 0 Å². The van der Waals surface area contributed by atoms with E-state index in [2.05, 4.69) is 17.1 Å². The molecule has 1 aliphatic heterocycles. The van der Waals surface area contributed by atoms with Crippen LogP contribution in [-0.4, -0.2) is 41.7 Å². The topological polar surface area (TPSA) is 52.6 Å². The number of hydrogen-bond donors (Lipinski definition) is 2. The number of nitrogens with zero attached hydrogens (tertiary/aromatic N) is 1. The summed E-state index contributed by atoms with van der Waals surface area (Å²) in [6, 6.07) is 5.85. The zero-order valence-corrected chi connectivity index (χ0v) is 12.4. The van der Waals surface area contributed by atoms with Gasteiger partial charge in [-0.05, 0) is 57.5 Å². The molecule has 0 aromatic heterocycles. The van der Waals surface area contributed by atoms with Gasteiger partial charge >= 0.3 is 5.97 Å². The molecule has 1 aromatic rings. The molecule has 1 atom stereocenters. The first-order valence-corrected chi connectivity index (χ1v) is 7.40. The van der Waals surface area contributed by atoms with Crippen LogP contribution in [-0.2, 0) is 0 Å². The number of aryl methyl sites for hydroxylation is 1. The van der Waals surface area contributed by atoms with Crippen LogP contribution in [0.2, 0.25) is 0 Å². The van der Waals surface area contributed by atoms with E-state index >= 15 is 0 Å². The highest BCUT2D eigenvalue weighted by Gasteiger charge is 2.17. The molecule has 20 heavy (non-hydrogen) atoms. The number of carboxylic acids is 1. The van der Waals surface area contributed by atoms with Crippen molar-refractivity contribution in [1.29, 1.82) is 0 Å². The molecule has 2 rings (SSSR count). The largest absolute Gasteiger partial charge is 0.478 e. The zero-order chi connectivity index (χ0) is 14.5. The summed E-state index contributed by atoms with van der Waals surface area (Å²) in [5, 5.41) is 12.5. The van der Waals surface area contributed by atoms with Crippen molar-refractivity contribution in [2.75, 3.05) is 25.0 Å². The first-order valence-electron chi connectivity index (χ1n) is 7.40. The average Bonchev–Trinajstić information content (AvgIpc) is 2.45. The second-order valence-corrected chi connectivity index (χ2v) is 5.68. The van der Waals surface area contributed by atoms with Gasteiger partial charge in [0.2, 0.25) is 0 Å². The summed E-state index contributed by atoms with van der Waals surface area (Å²) in [5.74, 6) is -0.877. The van der Waals surface area contributed by atoms with Gasteiger partial charge in [0.05, 0.1) is 5.56 Å². The van der Waals surface area contributed by atoms with Crippen LogP contribution in [0.3, 0.4) is 0 Å². The number of likely N-dealkylation sites (tertiary alicyclic amines) is 1. The fraction of sp³-hybridized carbons (Fsp3) is 0.562. The molecule has 4 nitrogen and oxygen atoms in total. The summed E-state index contributed by atoms with van der Waals surface area (Å²) in [6.07, 6.45) is 3.88. The normalized spacial score (nSPS) is 17.7. The van der Waals surface area contributed by atoms with Crippen LogP contribution in [0.4, 0.5) is 5.69 Å². The Kier molecular flexibility index (Phi) is 5.01. The molecule has 0 aliphatic carbocycles. The first kappa shape index (κ1) is 14.9. The van der Waals surface area contributed by atoms with Gasteiger partial charge in [0.1, 0.15) is 0 Å². The van der Waals surface area contributed by atoms with Gasteiger partial charge in [0, 0.05) is 18.3 Å². The highest BCUT2D eigenvalue weighted by atomic mass is 16.4. The molecule has 2 N–H and O–H groups in total. The number of rotatable bonds is 5. The van der Waals surface area contributed by atoms with Crippen LogP contribution >= 0.6 is 0 Å². The molecule has 1 heterocycles. The lowest BCUT2D eigenvalue weighted by atomic mass is 10.1. The van der Waals surface area contributed by atoms with Crippen molar-refractivity contribution in [3.8, 4) is 0 Å². The first-order chi connectivity index (χ1) is 9.58. The predicted octanol–water partition coefficient (Wildman–Crippen LogP) is 2.98. The Bertz CT molecular complexity index is 468. The zero-order valence-electron chi connectivity index (χ0n) is 12.4. The van der Waals surface area contributed by atoms with E-state index in [9.17, 15) is 9.90 Å². The SMILES string of the molecule is Cc1ccc(C(=O)O)c(NCC(C)N2CCCCC2)c1. The van der Waals surface area contributed by atoms with E-state index < -0.39 is 5.97 Å². The van der Waals surface area contributed by atoms with E-state index in [0.717, 1.165) is 30.9 Å². The number of carboxylic acid groups (broad SMARTS) is 1. The number of benzene rings is 1. The lowest BCUT2D eigenvalue weighted by molar-refractivity contribution is 0.0698. The van der Waals surface area contributed by atoms with E-state index in [4.69, 9.17) is 0 Å². The van der Waals surface area contributed by atoms with Crippen LogP contribution in [0.5, 0.6) is 0 Å². The van der Waals surface area contributed by atoms with E-state index in [1.165, 1.54) is 19.3 Å². The molecule has 4 heteroatoms. The predicted molar refractivity (Wildman–Crippen MR) is 81.5 cm³/mol. The number of hydrogen-bond acceptors (Lipinski definition) is 3. The smallest absolute Gasteiger partial charge is 0.337 e. The number of piperidine rings is 1. The highest BCUT2D eigenvalue weighted by molar-refractivity contribution is 5.94. The molecule has 1 aliphatic rings. The van der Waals surface area contributed by atoms with Gasteiger partial charge in [-0.2, -0.15) is 0 Å². The third-order valence-corrected chi connectivity index (χ3v) is 4.01. The molecule has 0 bridgehead atoms. The van der Waals surface area contributed by atoms with Crippen LogP contribution < -0.4 is 5.32 Å². The number of carbonyl (C=O) groups is 1. The highest BCUT2D eigenvalue weighted by Crippen LogP contribution is 2.19.